The summed E-state index contributed by atoms with van der Waals surface area (Å²) >= 11 is 1.37. The SMILES string of the molecule is CC(C)(C)c1nsc(NCCN2C(=O)Cc3ccccc32)n1. The molecule has 0 bridgehead atoms. The highest BCUT2D eigenvalue weighted by Gasteiger charge is 2.26. The van der Waals surface area contributed by atoms with Crippen LogP contribution in [0.2, 0.25) is 0 Å². The average molecular weight is 316 g/mol. The molecule has 0 atom stereocenters. The molecule has 1 N–H and O–H groups in total. The first-order valence-corrected chi connectivity index (χ1v) is 8.19. The Morgan fingerprint density at radius 2 is 2.09 bits per heavy atom. The topological polar surface area (TPSA) is 58.1 Å². The van der Waals surface area contributed by atoms with E-state index >= 15 is 0 Å². The van der Waals surface area contributed by atoms with E-state index in [2.05, 4.69) is 35.4 Å². The van der Waals surface area contributed by atoms with Gasteiger partial charge in [0.25, 0.3) is 0 Å². The number of anilines is 2. The van der Waals surface area contributed by atoms with Crippen molar-refractivity contribution in [1.82, 2.24) is 9.36 Å². The second-order valence-corrected chi connectivity index (χ2v) is 7.20. The standard InChI is InChI=1S/C16H20N4OS/c1-16(2,3)14-18-15(22-19-14)17-8-9-20-12-7-5-4-6-11(12)10-13(20)21/h4-7H,8-10H2,1-3H3,(H,17,18,19). The van der Waals surface area contributed by atoms with Crippen LogP contribution in [0, 0.1) is 0 Å². The Morgan fingerprint density at radius 1 is 1.32 bits per heavy atom. The molecule has 2 aromatic rings. The number of carbonyl (C=O) groups excluding carboxylic acids is 1. The van der Waals surface area contributed by atoms with Crippen LogP contribution < -0.4 is 10.2 Å². The highest BCUT2D eigenvalue weighted by atomic mass is 32.1. The second kappa shape index (κ2) is 5.68. The number of aromatic nitrogens is 2. The lowest BCUT2D eigenvalue weighted by Gasteiger charge is -2.17. The van der Waals surface area contributed by atoms with Crippen LogP contribution in [-0.4, -0.2) is 28.4 Å². The van der Waals surface area contributed by atoms with Crippen molar-refractivity contribution < 1.29 is 4.79 Å². The molecule has 1 aliphatic rings. The molecule has 0 spiro atoms. The molecule has 5 nitrogen and oxygen atoms in total. The number of rotatable bonds is 4. The molecule has 0 saturated heterocycles. The van der Waals surface area contributed by atoms with Gasteiger partial charge in [0.1, 0.15) is 5.82 Å². The summed E-state index contributed by atoms with van der Waals surface area (Å²) in [5, 5.41) is 4.08. The maximum Gasteiger partial charge on any atom is 0.231 e. The van der Waals surface area contributed by atoms with Crippen LogP contribution in [0.15, 0.2) is 24.3 Å². The molecule has 3 rings (SSSR count). The van der Waals surface area contributed by atoms with Gasteiger partial charge in [0.2, 0.25) is 11.0 Å². The molecule has 116 valence electrons. The van der Waals surface area contributed by atoms with Gasteiger partial charge in [0, 0.05) is 35.7 Å². The van der Waals surface area contributed by atoms with E-state index in [0.29, 0.717) is 19.5 Å². The molecule has 6 heteroatoms. The lowest BCUT2D eigenvalue weighted by molar-refractivity contribution is -0.117. The number of nitrogens with one attached hydrogen (secondary N) is 1. The zero-order chi connectivity index (χ0) is 15.7. The van der Waals surface area contributed by atoms with Crippen LogP contribution in [0.5, 0.6) is 0 Å². The van der Waals surface area contributed by atoms with Gasteiger partial charge in [-0.3, -0.25) is 4.79 Å². The smallest absolute Gasteiger partial charge is 0.231 e. The van der Waals surface area contributed by atoms with Gasteiger partial charge in [-0.15, -0.1) is 0 Å². The fourth-order valence-electron chi connectivity index (χ4n) is 2.44. The van der Waals surface area contributed by atoms with Crippen molar-refractivity contribution in [3.8, 4) is 0 Å². The fraction of sp³-hybridized carbons (Fsp3) is 0.438. The maximum absolute atomic E-state index is 12.1. The third-order valence-electron chi connectivity index (χ3n) is 3.63. The normalized spacial score (nSPS) is 14.3. The zero-order valence-electron chi connectivity index (χ0n) is 13.1. The van der Waals surface area contributed by atoms with Crippen LogP contribution in [0.1, 0.15) is 32.2 Å². The molecule has 0 aliphatic carbocycles. The Kier molecular flexibility index (Phi) is 3.87. The van der Waals surface area contributed by atoms with Gasteiger partial charge < -0.3 is 10.2 Å². The molecule has 1 amide bonds. The molecule has 22 heavy (non-hydrogen) atoms. The number of benzene rings is 1. The van der Waals surface area contributed by atoms with Crippen LogP contribution in [0.3, 0.4) is 0 Å². The van der Waals surface area contributed by atoms with Gasteiger partial charge >= 0.3 is 0 Å². The van der Waals surface area contributed by atoms with Crippen molar-refractivity contribution >= 4 is 28.3 Å². The lowest BCUT2D eigenvalue weighted by atomic mass is 9.96. The van der Waals surface area contributed by atoms with Gasteiger partial charge in [-0.25, -0.2) is 4.98 Å². The van der Waals surface area contributed by atoms with Crippen molar-refractivity contribution in [3.63, 3.8) is 0 Å². The molecule has 1 aromatic carbocycles. The van der Waals surface area contributed by atoms with Crippen LogP contribution >= 0.6 is 11.5 Å². The van der Waals surface area contributed by atoms with Crippen LogP contribution in [0.4, 0.5) is 10.8 Å². The first-order valence-electron chi connectivity index (χ1n) is 7.41. The molecular weight excluding hydrogens is 296 g/mol. The van der Waals surface area contributed by atoms with E-state index in [1.54, 1.807) is 0 Å². The predicted molar refractivity (Wildman–Crippen MR) is 89.6 cm³/mol. The molecular formula is C16H20N4OS. The van der Waals surface area contributed by atoms with E-state index in [9.17, 15) is 4.79 Å². The Labute approximate surface area is 134 Å². The summed E-state index contributed by atoms with van der Waals surface area (Å²) in [4.78, 5) is 18.4. The number of hydrogen-bond donors (Lipinski definition) is 1. The average Bonchev–Trinajstić information content (AvgIpc) is 3.04. The maximum atomic E-state index is 12.1. The lowest BCUT2D eigenvalue weighted by Crippen LogP contribution is -2.31. The Balaban J connectivity index is 1.60. The van der Waals surface area contributed by atoms with Crippen LogP contribution in [0.25, 0.3) is 0 Å². The molecule has 1 aromatic heterocycles. The highest BCUT2D eigenvalue weighted by Crippen LogP contribution is 2.28. The van der Waals surface area contributed by atoms with Gasteiger partial charge in [0.05, 0.1) is 6.42 Å². The van der Waals surface area contributed by atoms with Crippen LogP contribution in [-0.2, 0) is 16.6 Å². The summed E-state index contributed by atoms with van der Waals surface area (Å²) in [5.41, 5.74) is 2.10. The van der Waals surface area contributed by atoms with Crippen molar-refractivity contribution in [2.75, 3.05) is 23.3 Å². The van der Waals surface area contributed by atoms with Crippen molar-refractivity contribution in [1.29, 1.82) is 0 Å². The number of fused-ring (bicyclic) bond motifs is 1. The summed E-state index contributed by atoms with van der Waals surface area (Å²) in [6.07, 6.45) is 0.503. The van der Waals surface area contributed by atoms with E-state index in [1.807, 2.05) is 29.2 Å². The van der Waals surface area contributed by atoms with E-state index in [-0.39, 0.29) is 11.3 Å². The first-order chi connectivity index (χ1) is 10.4. The third kappa shape index (κ3) is 2.97. The Bertz CT molecular complexity index is 689. The van der Waals surface area contributed by atoms with Crippen molar-refractivity contribution in [2.45, 2.75) is 32.6 Å². The summed E-state index contributed by atoms with van der Waals surface area (Å²) in [6, 6.07) is 7.96. The van der Waals surface area contributed by atoms with E-state index in [4.69, 9.17) is 0 Å². The summed E-state index contributed by atoms with van der Waals surface area (Å²) in [5.74, 6) is 1.01. The molecule has 0 saturated carbocycles. The van der Waals surface area contributed by atoms with Crippen molar-refractivity contribution in [3.05, 3.63) is 35.7 Å². The molecule has 0 unspecified atom stereocenters. The van der Waals surface area contributed by atoms with E-state index < -0.39 is 0 Å². The van der Waals surface area contributed by atoms with Crippen molar-refractivity contribution in [2.24, 2.45) is 0 Å². The third-order valence-corrected chi connectivity index (χ3v) is 4.31. The summed E-state index contributed by atoms with van der Waals surface area (Å²) in [7, 11) is 0. The quantitative estimate of drug-likeness (QED) is 0.942. The molecule has 1 aliphatic heterocycles. The van der Waals surface area contributed by atoms with Gasteiger partial charge in [-0.05, 0) is 11.6 Å². The predicted octanol–water partition coefficient (Wildman–Crippen LogP) is 2.84. The Hall–Kier alpha value is -1.95. The number of nitrogens with zero attached hydrogens (tertiary/aromatic N) is 3. The summed E-state index contributed by atoms with van der Waals surface area (Å²) in [6.45, 7) is 7.59. The highest BCUT2D eigenvalue weighted by molar-refractivity contribution is 7.09. The fourth-order valence-corrected chi connectivity index (χ4v) is 3.22. The largest absolute Gasteiger partial charge is 0.358 e. The van der Waals surface area contributed by atoms with E-state index in [1.165, 1.54) is 11.5 Å². The number of carbonyl (C=O) groups is 1. The molecule has 0 fully saturated rings. The monoisotopic (exact) mass is 316 g/mol. The summed E-state index contributed by atoms with van der Waals surface area (Å²) < 4.78 is 4.38. The number of para-hydroxylation sites is 1. The number of hydrogen-bond acceptors (Lipinski definition) is 5. The zero-order valence-corrected chi connectivity index (χ0v) is 13.9. The number of amides is 1. The van der Waals surface area contributed by atoms with Gasteiger partial charge in [-0.1, -0.05) is 39.0 Å². The minimum atomic E-state index is -0.0414. The second-order valence-electron chi connectivity index (χ2n) is 6.45. The first kappa shape index (κ1) is 15.0. The van der Waals surface area contributed by atoms with Gasteiger partial charge in [0.15, 0.2) is 0 Å². The van der Waals surface area contributed by atoms with Gasteiger partial charge in [-0.2, -0.15) is 4.37 Å². The molecule has 0 radical (unpaired) electrons. The van der Waals surface area contributed by atoms with E-state index in [0.717, 1.165) is 22.2 Å². The minimum absolute atomic E-state index is 0.0414. The molecule has 2 heterocycles. The Morgan fingerprint density at radius 3 is 2.82 bits per heavy atom. The minimum Gasteiger partial charge on any atom is -0.358 e.